The van der Waals surface area contributed by atoms with Crippen molar-refractivity contribution < 1.29 is 9.47 Å². The van der Waals surface area contributed by atoms with Crippen LogP contribution in [-0.2, 0) is 6.42 Å². The van der Waals surface area contributed by atoms with Crippen molar-refractivity contribution in [2.75, 3.05) is 19.8 Å². The first-order valence-electron chi connectivity index (χ1n) is 9.34. The molecule has 3 rings (SSSR count). The number of nitrogens with one attached hydrogen (secondary N) is 2. The molecular weight excluding hydrogens is 372 g/mol. The van der Waals surface area contributed by atoms with Crippen LogP contribution >= 0.6 is 12.4 Å². The molecule has 1 aromatic heterocycles. The van der Waals surface area contributed by atoms with E-state index in [4.69, 9.17) is 9.47 Å². The summed E-state index contributed by atoms with van der Waals surface area (Å²) in [5.41, 5.74) is 2.47. The molecule has 0 spiro atoms. The summed E-state index contributed by atoms with van der Waals surface area (Å²) in [5.74, 6) is 1.51. The summed E-state index contributed by atoms with van der Waals surface area (Å²) < 4.78 is 11.5. The van der Waals surface area contributed by atoms with Crippen molar-refractivity contribution in [2.45, 2.75) is 25.8 Å². The Morgan fingerprint density at radius 3 is 2.46 bits per heavy atom. The van der Waals surface area contributed by atoms with E-state index < -0.39 is 0 Å². The highest BCUT2D eigenvalue weighted by molar-refractivity contribution is 5.85. The van der Waals surface area contributed by atoms with Gasteiger partial charge < -0.3 is 19.8 Å². The summed E-state index contributed by atoms with van der Waals surface area (Å²) in [4.78, 5) is 3.35. The molecule has 0 fully saturated rings. The minimum absolute atomic E-state index is 0. The van der Waals surface area contributed by atoms with Gasteiger partial charge in [0, 0.05) is 29.2 Å². The SMILES string of the molecule is C=CCOc1ccccc1OCCNC(C)(C)Cc1c[nH]c2ccccc12.Cl. The van der Waals surface area contributed by atoms with Crippen LogP contribution in [0.25, 0.3) is 10.9 Å². The van der Waals surface area contributed by atoms with Gasteiger partial charge in [-0.3, -0.25) is 0 Å². The minimum atomic E-state index is -0.0345. The number of H-pyrrole nitrogens is 1. The normalized spacial score (nSPS) is 11.1. The Balaban J connectivity index is 0.00000280. The molecule has 2 N–H and O–H groups in total. The van der Waals surface area contributed by atoms with Crippen LogP contribution in [0.1, 0.15) is 19.4 Å². The number of aromatic nitrogens is 1. The zero-order valence-corrected chi connectivity index (χ0v) is 17.4. The second-order valence-electron chi connectivity index (χ2n) is 7.24. The van der Waals surface area contributed by atoms with Gasteiger partial charge in [0.05, 0.1) is 0 Å². The second-order valence-corrected chi connectivity index (χ2v) is 7.24. The molecule has 2 aromatic carbocycles. The van der Waals surface area contributed by atoms with Crippen LogP contribution in [0.2, 0.25) is 0 Å². The average Bonchev–Trinajstić information content (AvgIpc) is 3.07. The van der Waals surface area contributed by atoms with Crippen molar-refractivity contribution in [1.29, 1.82) is 0 Å². The number of aromatic amines is 1. The molecule has 3 aromatic rings. The van der Waals surface area contributed by atoms with Crippen molar-refractivity contribution in [3.63, 3.8) is 0 Å². The van der Waals surface area contributed by atoms with E-state index in [1.54, 1.807) is 6.08 Å². The summed E-state index contributed by atoms with van der Waals surface area (Å²) in [6.07, 6.45) is 4.78. The molecule has 0 aliphatic rings. The fourth-order valence-corrected chi connectivity index (χ4v) is 3.20. The van der Waals surface area contributed by atoms with E-state index >= 15 is 0 Å². The fourth-order valence-electron chi connectivity index (χ4n) is 3.20. The second kappa shape index (κ2) is 10.2. The first-order valence-corrected chi connectivity index (χ1v) is 9.34. The first-order chi connectivity index (χ1) is 13.1. The lowest BCUT2D eigenvalue weighted by atomic mass is 9.94. The lowest BCUT2D eigenvalue weighted by Gasteiger charge is -2.26. The average molecular weight is 401 g/mol. The molecule has 0 aliphatic carbocycles. The van der Waals surface area contributed by atoms with Crippen molar-refractivity contribution >= 4 is 23.3 Å². The Hall–Kier alpha value is -2.43. The number of rotatable bonds is 10. The molecule has 0 saturated carbocycles. The lowest BCUT2D eigenvalue weighted by molar-refractivity contribution is 0.264. The summed E-state index contributed by atoms with van der Waals surface area (Å²) in [6, 6.07) is 16.1. The quantitative estimate of drug-likeness (QED) is 0.365. The zero-order chi connectivity index (χ0) is 19.1. The number of para-hydroxylation sites is 3. The highest BCUT2D eigenvalue weighted by atomic mass is 35.5. The molecule has 150 valence electrons. The van der Waals surface area contributed by atoms with Gasteiger partial charge in [-0.05, 0) is 44.0 Å². The van der Waals surface area contributed by atoms with E-state index in [-0.39, 0.29) is 17.9 Å². The Bertz CT molecular complexity index is 889. The Kier molecular flexibility index (Phi) is 7.97. The van der Waals surface area contributed by atoms with Gasteiger partial charge in [0.2, 0.25) is 0 Å². The molecule has 0 bridgehead atoms. The van der Waals surface area contributed by atoms with Crippen molar-refractivity contribution in [3.05, 3.63) is 72.9 Å². The molecule has 0 aliphatic heterocycles. The molecular formula is C23H29ClN2O2. The number of halogens is 1. The van der Waals surface area contributed by atoms with Crippen LogP contribution in [0.3, 0.4) is 0 Å². The lowest BCUT2D eigenvalue weighted by Crippen LogP contribution is -2.43. The van der Waals surface area contributed by atoms with Crippen molar-refractivity contribution in [3.8, 4) is 11.5 Å². The van der Waals surface area contributed by atoms with Gasteiger partial charge in [0.25, 0.3) is 0 Å². The molecule has 0 unspecified atom stereocenters. The Labute approximate surface area is 173 Å². The first kappa shape index (κ1) is 21.9. The smallest absolute Gasteiger partial charge is 0.161 e. The van der Waals surface area contributed by atoms with Crippen molar-refractivity contribution in [2.24, 2.45) is 0 Å². The highest BCUT2D eigenvalue weighted by Crippen LogP contribution is 2.26. The van der Waals surface area contributed by atoms with Gasteiger partial charge in [-0.25, -0.2) is 0 Å². The summed E-state index contributed by atoms with van der Waals surface area (Å²) >= 11 is 0. The zero-order valence-electron chi connectivity index (χ0n) is 16.5. The standard InChI is InChI=1S/C23H28N2O2.ClH/c1-4-14-26-21-11-7-8-12-22(21)27-15-13-25-23(2,3)16-18-17-24-20-10-6-5-9-19(18)20;/h4-12,17,24-25H,1,13-16H2,2-3H3;1H. The molecule has 0 saturated heterocycles. The fraction of sp³-hybridized carbons (Fsp3) is 0.304. The molecule has 1 heterocycles. The van der Waals surface area contributed by atoms with Crippen LogP contribution in [0.4, 0.5) is 0 Å². The van der Waals surface area contributed by atoms with Crippen LogP contribution in [0, 0.1) is 0 Å². The van der Waals surface area contributed by atoms with E-state index in [1.807, 2.05) is 24.3 Å². The van der Waals surface area contributed by atoms with Crippen LogP contribution in [0.5, 0.6) is 11.5 Å². The maximum absolute atomic E-state index is 5.91. The number of hydrogen-bond acceptors (Lipinski definition) is 3. The molecule has 28 heavy (non-hydrogen) atoms. The predicted molar refractivity (Wildman–Crippen MR) is 119 cm³/mol. The van der Waals surface area contributed by atoms with Crippen LogP contribution < -0.4 is 14.8 Å². The van der Waals surface area contributed by atoms with Gasteiger partial charge in [0.1, 0.15) is 13.2 Å². The van der Waals surface area contributed by atoms with Gasteiger partial charge in [-0.15, -0.1) is 12.4 Å². The molecule has 0 atom stereocenters. The Morgan fingerprint density at radius 2 is 1.71 bits per heavy atom. The molecule has 4 nitrogen and oxygen atoms in total. The monoisotopic (exact) mass is 400 g/mol. The van der Waals surface area contributed by atoms with Gasteiger partial charge in [-0.1, -0.05) is 43.0 Å². The third-order valence-electron chi connectivity index (χ3n) is 4.48. The van der Waals surface area contributed by atoms with E-state index in [0.29, 0.717) is 13.2 Å². The molecule has 0 amide bonds. The van der Waals surface area contributed by atoms with Gasteiger partial charge >= 0.3 is 0 Å². The number of fused-ring (bicyclic) bond motifs is 1. The third-order valence-corrected chi connectivity index (χ3v) is 4.48. The predicted octanol–water partition coefficient (Wildman–Crippen LogP) is 5.14. The highest BCUT2D eigenvalue weighted by Gasteiger charge is 2.19. The minimum Gasteiger partial charge on any atom is -0.488 e. The maximum atomic E-state index is 5.91. The summed E-state index contributed by atoms with van der Waals surface area (Å²) in [7, 11) is 0. The number of hydrogen-bond donors (Lipinski definition) is 2. The van der Waals surface area contributed by atoms with E-state index in [9.17, 15) is 0 Å². The van der Waals surface area contributed by atoms with E-state index in [1.165, 1.54) is 16.5 Å². The van der Waals surface area contributed by atoms with E-state index in [0.717, 1.165) is 24.5 Å². The number of ether oxygens (including phenoxy) is 2. The van der Waals surface area contributed by atoms with E-state index in [2.05, 4.69) is 61.2 Å². The summed E-state index contributed by atoms with van der Waals surface area (Å²) in [6.45, 7) is 9.91. The summed E-state index contributed by atoms with van der Waals surface area (Å²) in [5, 5.41) is 4.89. The topological polar surface area (TPSA) is 46.3 Å². The maximum Gasteiger partial charge on any atom is 0.161 e. The number of benzene rings is 2. The van der Waals surface area contributed by atoms with Crippen molar-refractivity contribution in [1.82, 2.24) is 10.3 Å². The van der Waals surface area contributed by atoms with Crippen LogP contribution in [0.15, 0.2) is 67.4 Å². The third kappa shape index (κ3) is 5.78. The van der Waals surface area contributed by atoms with Gasteiger partial charge in [-0.2, -0.15) is 0 Å². The Morgan fingerprint density at radius 1 is 1.04 bits per heavy atom. The van der Waals surface area contributed by atoms with Gasteiger partial charge in [0.15, 0.2) is 11.5 Å². The van der Waals surface area contributed by atoms with Crippen LogP contribution in [-0.4, -0.2) is 30.3 Å². The molecule has 0 radical (unpaired) electrons. The molecule has 5 heteroatoms. The largest absolute Gasteiger partial charge is 0.488 e.